The SMILES string of the molecule is C=CCc1cc2ccccc2c(C)[n+]1C. The van der Waals surface area contributed by atoms with Crippen molar-refractivity contribution >= 4 is 10.8 Å². The van der Waals surface area contributed by atoms with E-state index in [1.54, 1.807) is 0 Å². The van der Waals surface area contributed by atoms with Crippen LogP contribution in [0.4, 0.5) is 0 Å². The number of nitrogens with zero attached hydrogens (tertiary/aromatic N) is 1. The normalized spacial score (nSPS) is 10.5. The van der Waals surface area contributed by atoms with E-state index in [9.17, 15) is 0 Å². The third kappa shape index (κ3) is 1.65. The first-order valence-electron chi connectivity index (χ1n) is 5.22. The van der Waals surface area contributed by atoms with Gasteiger partial charge in [-0.1, -0.05) is 24.3 Å². The average Bonchev–Trinajstić information content (AvgIpc) is 2.26. The van der Waals surface area contributed by atoms with Crippen LogP contribution in [-0.4, -0.2) is 0 Å². The summed E-state index contributed by atoms with van der Waals surface area (Å²) < 4.78 is 2.24. The van der Waals surface area contributed by atoms with Crippen LogP contribution in [0.15, 0.2) is 43.0 Å². The number of fused-ring (bicyclic) bond motifs is 1. The van der Waals surface area contributed by atoms with E-state index in [1.807, 2.05) is 6.08 Å². The molecular formula is C14H16N+. The molecule has 0 aliphatic heterocycles. The van der Waals surface area contributed by atoms with Gasteiger partial charge in [0, 0.05) is 18.4 Å². The Morgan fingerprint density at radius 3 is 2.80 bits per heavy atom. The molecule has 0 spiro atoms. The zero-order valence-corrected chi connectivity index (χ0v) is 9.33. The van der Waals surface area contributed by atoms with Gasteiger partial charge in [0.05, 0.1) is 6.42 Å². The Kier molecular flexibility index (Phi) is 2.55. The quantitative estimate of drug-likeness (QED) is 0.516. The molecule has 0 saturated heterocycles. The summed E-state index contributed by atoms with van der Waals surface area (Å²) in [5.41, 5.74) is 2.62. The number of aryl methyl sites for hydroxylation is 1. The van der Waals surface area contributed by atoms with Crippen molar-refractivity contribution in [1.29, 1.82) is 0 Å². The first kappa shape index (κ1) is 9.91. The van der Waals surface area contributed by atoms with Gasteiger partial charge in [-0.05, 0) is 11.5 Å². The first-order chi connectivity index (χ1) is 7.24. The van der Waals surface area contributed by atoms with Crippen LogP contribution in [0.3, 0.4) is 0 Å². The third-order valence-electron chi connectivity index (χ3n) is 2.96. The number of rotatable bonds is 2. The molecule has 0 radical (unpaired) electrons. The lowest BCUT2D eigenvalue weighted by atomic mass is 10.1. The Morgan fingerprint density at radius 2 is 2.07 bits per heavy atom. The van der Waals surface area contributed by atoms with Crippen LogP contribution in [0.2, 0.25) is 0 Å². The smallest absolute Gasteiger partial charge is 0.186 e. The first-order valence-corrected chi connectivity index (χ1v) is 5.22. The van der Waals surface area contributed by atoms with Gasteiger partial charge in [-0.25, -0.2) is 4.57 Å². The van der Waals surface area contributed by atoms with Gasteiger partial charge < -0.3 is 0 Å². The van der Waals surface area contributed by atoms with E-state index >= 15 is 0 Å². The van der Waals surface area contributed by atoms with Crippen LogP contribution >= 0.6 is 0 Å². The largest absolute Gasteiger partial charge is 0.202 e. The lowest BCUT2D eigenvalue weighted by Crippen LogP contribution is -2.36. The van der Waals surface area contributed by atoms with Crippen molar-refractivity contribution in [3.8, 4) is 0 Å². The Morgan fingerprint density at radius 1 is 1.33 bits per heavy atom. The highest BCUT2D eigenvalue weighted by Crippen LogP contribution is 2.16. The number of hydrogen-bond donors (Lipinski definition) is 0. The molecule has 0 fully saturated rings. The minimum atomic E-state index is 0.919. The van der Waals surface area contributed by atoms with E-state index in [2.05, 4.69) is 55.4 Å². The molecule has 0 saturated carbocycles. The molecule has 15 heavy (non-hydrogen) atoms. The molecule has 0 amide bonds. The van der Waals surface area contributed by atoms with Crippen molar-refractivity contribution in [1.82, 2.24) is 0 Å². The van der Waals surface area contributed by atoms with Gasteiger partial charge in [-0.2, -0.15) is 0 Å². The summed E-state index contributed by atoms with van der Waals surface area (Å²) in [6.45, 7) is 5.96. The van der Waals surface area contributed by atoms with E-state index in [-0.39, 0.29) is 0 Å². The van der Waals surface area contributed by atoms with Gasteiger partial charge in [0.15, 0.2) is 11.4 Å². The predicted octanol–water partition coefficient (Wildman–Crippen LogP) is 2.70. The highest BCUT2D eigenvalue weighted by atomic mass is 14.9. The van der Waals surface area contributed by atoms with Gasteiger partial charge >= 0.3 is 0 Å². The standard InChI is InChI=1S/C14H16N/c1-4-7-13-10-12-8-5-6-9-14(12)11(2)15(13)3/h4-6,8-10H,1,7H2,2-3H3/q+1. The van der Waals surface area contributed by atoms with Gasteiger partial charge in [0.2, 0.25) is 0 Å². The fourth-order valence-electron chi connectivity index (χ4n) is 1.97. The van der Waals surface area contributed by atoms with Gasteiger partial charge in [-0.15, -0.1) is 6.58 Å². The van der Waals surface area contributed by atoms with Crippen molar-refractivity contribution in [2.75, 3.05) is 0 Å². The van der Waals surface area contributed by atoms with E-state index in [4.69, 9.17) is 0 Å². The second kappa shape index (κ2) is 3.85. The Bertz CT molecular complexity index is 512. The molecule has 0 N–H and O–H groups in total. The zero-order valence-electron chi connectivity index (χ0n) is 9.33. The predicted molar refractivity (Wildman–Crippen MR) is 63.8 cm³/mol. The van der Waals surface area contributed by atoms with Crippen molar-refractivity contribution in [3.63, 3.8) is 0 Å². The third-order valence-corrected chi connectivity index (χ3v) is 2.96. The summed E-state index contributed by atoms with van der Waals surface area (Å²) in [7, 11) is 2.11. The minimum Gasteiger partial charge on any atom is -0.202 e. The maximum Gasteiger partial charge on any atom is 0.186 e. The van der Waals surface area contributed by atoms with Crippen LogP contribution in [-0.2, 0) is 13.5 Å². The Hall–Kier alpha value is -1.63. The molecule has 0 aliphatic carbocycles. The van der Waals surface area contributed by atoms with Crippen LogP contribution in [0.5, 0.6) is 0 Å². The van der Waals surface area contributed by atoms with E-state index in [1.165, 1.54) is 22.2 Å². The van der Waals surface area contributed by atoms with Crippen LogP contribution in [0.1, 0.15) is 11.4 Å². The number of benzene rings is 1. The van der Waals surface area contributed by atoms with Crippen molar-refractivity contribution in [2.45, 2.75) is 13.3 Å². The monoisotopic (exact) mass is 198 g/mol. The van der Waals surface area contributed by atoms with Gasteiger partial charge in [0.1, 0.15) is 7.05 Å². The molecule has 0 atom stereocenters. The number of aromatic nitrogens is 1. The van der Waals surface area contributed by atoms with E-state index in [0.29, 0.717) is 0 Å². The molecule has 76 valence electrons. The highest BCUT2D eigenvalue weighted by molar-refractivity contribution is 5.83. The van der Waals surface area contributed by atoms with Gasteiger partial charge in [0.25, 0.3) is 0 Å². The topological polar surface area (TPSA) is 3.88 Å². The lowest BCUT2D eigenvalue weighted by molar-refractivity contribution is -0.683. The van der Waals surface area contributed by atoms with E-state index < -0.39 is 0 Å². The highest BCUT2D eigenvalue weighted by Gasteiger charge is 2.12. The molecule has 0 bridgehead atoms. The molecule has 0 aliphatic rings. The second-order valence-electron chi connectivity index (χ2n) is 3.86. The van der Waals surface area contributed by atoms with Crippen molar-refractivity contribution in [3.05, 3.63) is 54.4 Å². The van der Waals surface area contributed by atoms with Crippen LogP contribution in [0, 0.1) is 6.92 Å². The minimum absolute atomic E-state index is 0.919. The number of hydrogen-bond acceptors (Lipinski definition) is 0. The number of allylic oxidation sites excluding steroid dienone is 1. The fourth-order valence-corrected chi connectivity index (χ4v) is 1.97. The zero-order chi connectivity index (χ0) is 10.8. The summed E-state index contributed by atoms with van der Waals surface area (Å²) in [6, 6.07) is 10.7. The lowest BCUT2D eigenvalue weighted by Gasteiger charge is -2.04. The molecule has 0 unspecified atom stereocenters. The van der Waals surface area contributed by atoms with E-state index in [0.717, 1.165) is 6.42 Å². The average molecular weight is 198 g/mol. The molecular weight excluding hydrogens is 182 g/mol. The molecule has 1 heteroatoms. The number of pyridine rings is 1. The summed E-state index contributed by atoms with van der Waals surface area (Å²) in [4.78, 5) is 0. The van der Waals surface area contributed by atoms with Gasteiger partial charge in [-0.3, -0.25) is 0 Å². The van der Waals surface area contributed by atoms with Crippen LogP contribution < -0.4 is 4.57 Å². The molecule has 1 heterocycles. The Labute approximate surface area is 90.7 Å². The molecule has 1 aromatic carbocycles. The second-order valence-corrected chi connectivity index (χ2v) is 3.86. The summed E-state index contributed by atoms with van der Waals surface area (Å²) in [6.07, 6.45) is 2.87. The van der Waals surface area contributed by atoms with Crippen LogP contribution in [0.25, 0.3) is 10.8 Å². The summed E-state index contributed by atoms with van der Waals surface area (Å²) in [5, 5.41) is 2.64. The summed E-state index contributed by atoms with van der Waals surface area (Å²) >= 11 is 0. The molecule has 2 aromatic rings. The molecule has 1 aromatic heterocycles. The maximum atomic E-state index is 3.79. The molecule has 1 nitrogen and oxygen atoms in total. The van der Waals surface area contributed by atoms with Crippen molar-refractivity contribution in [2.24, 2.45) is 7.05 Å². The maximum absolute atomic E-state index is 3.79. The Balaban J connectivity index is 2.76. The summed E-state index contributed by atoms with van der Waals surface area (Å²) in [5.74, 6) is 0. The molecule has 2 rings (SSSR count). The fraction of sp³-hybridized carbons (Fsp3) is 0.214. The van der Waals surface area contributed by atoms with Crippen molar-refractivity contribution < 1.29 is 4.57 Å².